The number of benzene rings is 2. The topological polar surface area (TPSA) is 77.6 Å². The number of nitrogens with zero attached hydrogens (tertiary/aromatic N) is 3. The molecule has 0 aliphatic rings. The highest BCUT2D eigenvalue weighted by molar-refractivity contribution is 5.86. The summed E-state index contributed by atoms with van der Waals surface area (Å²) >= 11 is 0. The first-order valence-electron chi connectivity index (χ1n) is 9.25. The number of phenols is 1. The van der Waals surface area contributed by atoms with Crippen LogP contribution < -0.4 is 14.2 Å². The molecule has 2 aromatic heterocycles. The molecule has 0 saturated carbocycles. The molecule has 2 aromatic carbocycles. The first-order valence-corrected chi connectivity index (χ1v) is 9.25. The van der Waals surface area contributed by atoms with Crippen LogP contribution >= 0.6 is 0 Å². The Morgan fingerprint density at radius 3 is 2.47 bits per heavy atom. The number of aromatic nitrogens is 2. The molecule has 4 rings (SSSR count). The van der Waals surface area contributed by atoms with Gasteiger partial charge < -0.3 is 19.3 Å². The molecule has 0 bridgehead atoms. The van der Waals surface area contributed by atoms with Gasteiger partial charge in [0.1, 0.15) is 11.3 Å². The molecule has 30 heavy (non-hydrogen) atoms. The summed E-state index contributed by atoms with van der Waals surface area (Å²) in [7, 11) is 4.71. The van der Waals surface area contributed by atoms with E-state index in [1.54, 1.807) is 38.6 Å². The minimum Gasteiger partial charge on any atom is -0.504 e. The van der Waals surface area contributed by atoms with Crippen LogP contribution in [-0.4, -0.2) is 42.0 Å². The van der Waals surface area contributed by atoms with E-state index >= 15 is 0 Å². The lowest BCUT2D eigenvalue weighted by Crippen LogP contribution is -1.92. The van der Waals surface area contributed by atoms with Gasteiger partial charge in [-0.1, -0.05) is 6.07 Å². The molecule has 2 heterocycles. The summed E-state index contributed by atoms with van der Waals surface area (Å²) in [6.45, 7) is 0. The molecular formula is C23H21N3O4. The van der Waals surface area contributed by atoms with Gasteiger partial charge in [0.25, 0.3) is 0 Å². The number of methoxy groups -OCH3 is 3. The zero-order valence-electron chi connectivity index (χ0n) is 16.9. The molecule has 0 saturated heterocycles. The summed E-state index contributed by atoms with van der Waals surface area (Å²) in [6.07, 6.45) is 3.66. The number of phenolic OH excluding ortho intramolecular Hbond substituents is 1. The highest BCUT2D eigenvalue weighted by atomic mass is 16.5. The number of aromatic hydroxyl groups is 1. The largest absolute Gasteiger partial charge is 0.504 e. The molecule has 0 fully saturated rings. The van der Waals surface area contributed by atoms with Gasteiger partial charge in [0.2, 0.25) is 0 Å². The Labute approximate surface area is 173 Å². The standard InChI is InChI=1S/C23H21N3O4/c1-28-18-10-7-15(12-20(18)30-3)14-24-23-22(25-21-6-4-5-11-26(21)23)16-8-9-17(27)19(13-16)29-2/h4-14,27H,1-3H3/b24-14+. The Bertz CT molecular complexity index is 1230. The van der Waals surface area contributed by atoms with E-state index in [0.717, 1.165) is 16.8 Å². The second kappa shape index (κ2) is 8.16. The fourth-order valence-corrected chi connectivity index (χ4v) is 3.19. The average molecular weight is 403 g/mol. The van der Waals surface area contributed by atoms with Crippen molar-refractivity contribution in [3.8, 4) is 34.3 Å². The summed E-state index contributed by atoms with van der Waals surface area (Å²) < 4.78 is 17.8. The van der Waals surface area contributed by atoms with Gasteiger partial charge in [0.15, 0.2) is 28.8 Å². The SMILES string of the molecule is COc1cc(-c2nc3ccccn3c2/N=C/c2ccc(OC)c(OC)c2)ccc1O. The van der Waals surface area contributed by atoms with Crippen LogP contribution in [0.1, 0.15) is 5.56 Å². The van der Waals surface area contributed by atoms with Crippen molar-refractivity contribution in [2.24, 2.45) is 4.99 Å². The number of imidazole rings is 1. The van der Waals surface area contributed by atoms with Gasteiger partial charge in [-0.05, 0) is 54.1 Å². The van der Waals surface area contributed by atoms with E-state index in [4.69, 9.17) is 24.2 Å². The van der Waals surface area contributed by atoms with Gasteiger partial charge >= 0.3 is 0 Å². The number of pyridine rings is 1. The Balaban J connectivity index is 1.82. The molecule has 0 spiro atoms. The normalized spacial score (nSPS) is 11.2. The van der Waals surface area contributed by atoms with Gasteiger partial charge in [-0.2, -0.15) is 0 Å². The summed E-state index contributed by atoms with van der Waals surface area (Å²) in [6, 6.07) is 16.5. The summed E-state index contributed by atoms with van der Waals surface area (Å²) in [5.74, 6) is 2.39. The predicted octanol–water partition coefficient (Wildman–Crippen LogP) is 4.48. The molecule has 0 radical (unpaired) electrons. The Hall–Kier alpha value is -4.00. The lowest BCUT2D eigenvalue weighted by atomic mass is 10.1. The second-order valence-corrected chi connectivity index (χ2v) is 6.47. The molecule has 0 unspecified atom stereocenters. The van der Waals surface area contributed by atoms with Crippen molar-refractivity contribution >= 4 is 17.7 Å². The van der Waals surface area contributed by atoms with Crippen molar-refractivity contribution in [2.75, 3.05) is 21.3 Å². The number of aliphatic imine (C=N–C) groups is 1. The van der Waals surface area contributed by atoms with Crippen LogP contribution in [0.2, 0.25) is 0 Å². The van der Waals surface area contributed by atoms with Crippen LogP contribution in [0.3, 0.4) is 0 Å². The fourth-order valence-electron chi connectivity index (χ4n) is 3.19. The van der Waals surface area contributed by atoms with Gasteiger partial charge in [0.05, 0.1) is 21.3 Å². The van der Waals surface area contributed by atoms with Gasteiger partial charge in [-0.3, -0.25) is 4.40 Å². The molecule has 0 atom stereocenters. The number of rotatable bonds is 6. The average Bonchev–Trinajstić information content (AvgIpc) is 3.16. The van der Waals surface area contributed by atoms with E-state index in [1.807, 2.05) is 47.0 Å². The Morgan fingerprint density at radius 1 is 0.900 bits per heavy atom. The third kappa shape index (κ3) is 3.53. The van der Waals surface area contributed by atoms with Gasteiger partial charge in [0, 0.05) is 18.0 Å². The molecule has 4 aromatic rings. The number of hydrogen-bond acceptors (Lipinski definition) is 6. The Morgan fingerprint density at radius 2 is 1.70 bits per heavy atom. The monoisotopic (exact) mass is 403 g/mol. The van der Waals surface area contributed by atoms with E-state index < -0.39 is 0 Å². The smallest absolute Gasteiger partial charge is 0.165 e. The third-order valence-corrected chi connectivity index (χ3v) is 4.70. The van der Waals surface area contributed by atoms with Crippen molar-refractivity contribution in [3.05, 3.63) is 66.4 Å². The van der Waals surface area contributed by atoms with Crippen LogP contribution in [0.25, 0.3) is 16.9 Å². The lowest BCUT2D eigenvalue weighted by molar-refractivity contribution is 0.355. The van der Waals surface area contributed by atoms with Crippen LogP contribution in [0.4, 0.5) is 5.82 Å². The molecule has 0 aliphatic heterocycles. The first-order chi connectivity index (χ1) is 14.6. The molecule has 0 amide bonds. The van der Waals surface area contributed by atoms with Crippen LogP contribution in [0.5, 0.6) is 23.0 Å². The molecule has 152 valence electrons. The molecule has 0 aliphatic carbocycles. The van der Waals surface area contributed by atoms with Crippen molar-refractivity contribution in [1.82, 2.24) is 9.38 Å². The van der Waals surface area contributed by atoms with Crippen molar-refractivity contribution in [1.29, 1.82) is 0 Å². The zero-order valence-corrected chi connectivity index (χ0v) is 16.9. The van der Waals surface area contributed by atoms with E-state index in [2.05, 4.69) is 0 Å². The second-order valence-electron chi connectivity index (χ2n) is 6.47. The van der Waals surface area contributed by atoms with E-state index in [1.165, 1.54) is 7.11 Å². The molecule has 7 nitrogen and oxygen atoms in total. The highest BCUT2D eigenvalue weighted by Gasteiger charge is 2.15. The van der Waals surface area contributed by atoms with Crippen LogP contribution in [-0.2, 0) is 0 Å². The third-order valence-electron chi connectivity index (χ3n) is 4.70. The minimum absolute atomic E-state index is 0.0698. The van der Waals surface area contributed by atoms with Crippen molar-refractivity contribution in [3.63, 3.8) is 0 Å². The molecule has 7 heteroatoms. The number of fused-ring (bicyclic) bond motifs is 1. The Kier molecular flexibility index (Phi) is 5.26. The highest BCUT2D eigenvalue weighted by Crippen LogP contribution is 2.36. The summed E-state index contributed by atoms with van der Waals surface area (Å²) in [5.41, 5.74) is 3.08. The van der Waals surface area contributed by atoms with Gasteiger partial charge in [-0.15, -0.1) is 0 Å². The minimum atomic E-state index is 0.0698. The van der Waals surface area contributed by atoms with Crippen molar-refractivity contribution < 1.29 is 19.3 Å². The molecular weight excluding hydrogens is 382 g/mol. The van der Waals surface area contributed by atoms with E-state index in [9.17, 15) is 5.11 Å². The summed E-state index contributed by atoms with van der Waals surface area (Å²) in [5, 5.41) is 9.93. The van der Waals surface area contributed by atoms with Crippen molar-refractivity contribution in [2.45, 2.75) is 0 Å². The maximum absolute atomic E-state index is 9.93. The van der Waals surface area contributed by atoms with Crippen LogP contribution in [0, 0.1) is 0 Å². The maximum atomic E-state index is 9.93. The van der Waals surface area contributed by atoms with E-state index in [0.29, 0.717) is 28.8 Å². The maximum Gasteiger partial charge on any atom is 0.165 e. The lowest BCUT2D eigenvalue weighted by Gasteiger charge is -2.07. The fraction of sp³-hybridized carbons (Fsp3) is 0.130. The number of ether oxygens (including phenoxy) is 3. The van der Waals surface area contributed by atoms with Gasteiger partial charge in [-0.25, -0.2) is 9.98 Å². The summed E-state index contributed by atoms with van der Waals surface area (Å²) in [4.78, 5) is 9.45. The zero-order chi connectivity index (χ0) is 21.1. The van der Waals surface area contributed by atoms with Crippen LogP contribution in [0.15, 0.2) is 65.8 Å². The quantitative estimate of drug-likeness (QED) is 0.480. The van der Waals surface area contributed by atoms with E-state index in [-0.39, 0.29) is 5.75 Å². The first kappa shape index (κ1) is 19.3. The number of hydrogen-bond donors (Lipinski definition) is 1. The predicted molar refractivity (Wildman–Crippen MR) is 116 cm³/mol. The molecule has 1 N–H and O–H groups in total.